The van der Waals surface area contributed by atoms with Crippen molar-refractivity contribution in [3.8, 4) is 28.7 Å². The van der Waals surface area contributed by atoms with Gasteiger partial charge in [0.1, 0.15) is 86.1 Å². The summed E-state index contributed by atoms with van der Waals surface area (Å²) in [4.78, 5) is -4.40. The van der Waals surface area contributed by atoms with Crippen molar-refractivity contribution in [3.63, 3.8) is 0 Å². The summed E-state index contributed by atoms with van der Waals surface area (Å²) in [6.07, 6.45) is 0. The van der Waals surface area contributed by atoms with Crippen molar-refractivity contribution < 1.29 is 340 Å². The van der Waals surface area contributed by atoms with E-state index in [0.717, 1.165) is 42.4 Å². The number of methoxy groups -OCH3 is 2. The van der Waals surface area contributed by atoms with Crippen molar-refractivity contribution in [2.75, 3.05) is 25.7 Å². The zero-order valence-corrected chi connectivity index (χ0v) is 75.0. The predicted molar refractivity (Wildman–Crippen MR) is 322 cm³/mol. The molecule has 0 heterocycles. The van der Waals surface area contributed by atoms with E-state index in [1.165, 1.54) is 61.7 Å². The molecule has 39 nitrogen and oxygen atoms in total. The standard InChI is InChI=1S/C43H30N9O22S6.C7H9NO4S.7Na.O3S/c1-70-22-8-12-26(30(17-22)75-73-71-56)46-52-39-34(79(64,65)66)18-25-24(41(39)54)10-13-29(43(25)80(67,68)69)49-51-38-33(78(61,62)63)16-19-6-11-28(42(55)35(19)36(38)44)48-45-21-7-9-23-20(14-21)15-31(76-74-72-57)37(40(23)53)50-47-27-4-2-3-5-32(27)77(58,59)60;1-10-5-2-3-6(8)7(4-5)13-12-11-9;;;;;;;;1-4(2)3/h2-10,12-18,53-57H,44H2,1H3,(H,58,59,60)(H,61,62,63)(H,64,65,66)(H,67,68,69);2-4,9H,8H2,1H3;;;;;;;;/q-1;;7*+1;/p-6. The molecule has 9 rings (SSSR count). The summed E-state index contributed by atoms with van der Waals surface area (Å²) < 4.78 is 198. The number of aromatic hydroxyl groups is 3. The van der Waals surface area contributed by atoms with Crippen LogP contribution in [0.25, 0.3) is 32.3 Å². The van der Waals surface area contributed by atoms with Crippen LogP contribution in [0.5, 0.6) is 28.7 Å². The van der Waals surface area contributed by atoms with Gasteiger partial charge in [0, 0.05) is 39.0 Å². The zero-order chi connectivity index (χ0) is 71.3. The van der Waals surface area contributed by atoms with Crippen LogP contribution >= 0.6 is 36.1 Å². The number of hydrogen-bond donors (Lipinski definition) is 6. The quantitative estimate of drug-likeness (QED) is 0.00506. The first-order chi connectivity index (χ1) is 45.7. The Bertz CT molecular complexity index is 5310. The Morgan fingerprint density at radius 3 is 1.55 bits per heavy atom. The normalized spacial score (nSPS) is 11.4. The summed E-state index contributed by atoms with van der Waals surface area (Å²) in [5.41, 5.74) is 7.03. The van der Waals surface area contributed by atoms with Gasteiger partial charge in [-0.1, -0.05) is 28.6 Å². The third-order valence-electron chi connectivity index (χ3n) is 12.2. The molecule has 0 aromatic heterocycles. The van der Waals surface area contributed by atoms with Crippen LogP contribution in [0.1, 0.15) is 0 Å². The van der Waals surface area contributed by atoms with Crippen LogP contribution < -0.4 is 238 Å². The summed E-state index contributed by atoms with van der Waals surface area (Å²) in [5.74, 6) is -1.84. The van der Waals surface area contributed by atoms with Gasteiger partial charge >= 0.3 is 218 Å². The van der Waals surface area contributed by atoms with Crippen molar-refractivity contribution in [2.45, 2.75) is 34.3 Å². The molecule has 0 aliphatic heterocycles. The molecule has 0 aliphatic rings. The first-order valence-corrected chi connectivity index (χ1v) is 33.6. The number of hydrogen-bond acceptors (Lipinski definition) is 42. The van der Waals surface area contributed by atoms with Gasteiger partial charge in [-0.05, 0) is 96.4 Å². The average molecular weight is 1660 g/mol. The Hall–Kier alpha value is -2.29. The summed E-state index contributed by atoms with van der Waals surface area (Å²) in [5, 5.41) is 102. The van der Waals surface area contributed by atoms with E-state index in [1.54, 1.807) is 25.3 Å². The first kappa shape index (κ1) is 102. The summed E-state index contributed by atoms with van der Waals surface area (Å²) in [7, 11) is -22.5. The molecule has 0 saturated carbocycles. The molecule has 104 heavy (non-hydrogen) atoms. The van der Waals surface area contributed by atoms with Crippen molar-refractivity contribution in [1.82, 2.24) is 0 Å². The van der Waals surface area contributed by atoms with Gasteiger partial charge < -0.3 is 65.0 Å². The summed E-state index contributed by atoms with van der Waals surface area (Å²) in [6, 6.07) is 25.0. The number of nitrogens with two attached hydrogens (primary N) is 2. The van der Waals surface area contributed by atoms with Gasteiger partial charge in [-0.3, -0.25) is 10.1 Å². The number of nitrogen functional groups attached to an aromatic ring is 2. The Kier molecular flexibility index (Phi) is 44.9. The molecule has 0 aliphatic carbocycles. The number of nitrogens with zero attached hydrogens (tertiary/aromatic N) is 8. The van der Waals surface area contributed by atoms with Gasteiger partial charge in [0.2, 0.25) is 0 Å². The molecule has 0 radical (unpaired) electrons. The number of phenols is 3. The van der Waals surface area contributed by atoms with Crippen molar-refractivity contribution in [3.05, 3.63) is 121 Å². The molecule has 0 amide bonds. The number of azo groups is 4. The van der Waals surface area contributed by atoms with Gasteiger partial charge in [0.25, 0.3) is 0 Å². The molecule has 0 saturated heterocycles. The second-order valence-corrected chi connectivity index (χ2v) is 25.8. The Morgan fingerprint density at radius 1 is 0.471 bits per heavy atom. The van der Waals surface area contributed by atoms with Crippen LogP contribution in [0.2, 0.25) is 0 Å². The molecule has 8 N–H and O–H groups in total. The largest absolute Gasteiger partial charge is 1.00 e. The Labute approximate surface area is 756 Å². The van der Waals surface area contributed by atoms with Crippen LogP contribution in [0.15, 0.2) is 190 Å². The molecule has 0 unspecified atom stereocenters. The SMILES string of the molecule is COc1ccc(N)c(SOOO)c1.COc1ccc(N=Nc2c(S(=O)(=O)[O-])cc3c(S(=O)(=O)[O-])c(N=Nc4c(S(=O)(=O)[O-])cc5c[c-]c(N=Nc6ccc7c(O)c(N=Nc8ccccc8S(=O)(=O)[O-])c(SOO[O-])cc7c6)c(O)c5c4N)ccc3c2O)c(SOO[O-])c1.O=S(=O)=O.[Na+].[Na+].[Na+].[Na+].[Na+].[Na+].[Na+]. The van der Waals surface area contributed by atoms with E-state index in [1.807, 2.05) is 0 Å². The molecule has 0 atom stereocenters. The summed E-state index contributed by atoms with van der Waals surface area (Å²) >= 11 is 1.35. The van der Waals surface area contributed by atoms with Gasteiger partial charge in [-0.2, -0.15) is 31.0 Å². The Balaban J connectivity index is 0.00000391. The van der Waals surface area contributed by atoms with E-state index in [-0.39, 0.29) is 273 Å². The molecule has 9 aromatic carbocycles. The van der Waals surface area contributed by atoms with Crippen molar-refractivity contribution in [2.24, 2.45) is 40.9 Å². The van der Waals surface area contributed by atoms with E-state index >= 15 is 0 Å². The second kappa shape index (κ2) is 45.9. The fourth-order valence-corrected chi connectivity index (χ4v) is 12.2. The van der Waals surface area contributed by atoms with E-state index < -0.39 is 133 Å². The van der Waals surface area contributed by atoms with Crippen molar-refractivity contribution in [1.29, 1.82) is 0 Å². The third-order valence-corrected chi connectivity index (χ3v) is 17.6. The molecular formula is C50H33N10Na7O29S8. The maximum Gasteiger partial charge on any atom is 1.00 e. The fourth-order valence-electron chi connectivity index (χ4n) is 8.15. The fraction of sp³-hybridized carbons (Fsp3) is 0.0400. The van der Waals surface area contributed by atoms with E-state index in [0.29, 0.717) is 40.5 Å². The molecule has 512 valence electrons. The number of benzene rings is 9. The minimum absolute atomic E-state index is 0. The van der Waals surface area contributed by atoms with Crippen LogP contribution in [0.3, 0.4) is 0 Å². The van der Waals surface area contributed by atoms with Crippen LogP contribution in [-0.4, -0.2) is 99.3 Å². The van der Waals surface area contributed by atoms with Crippen LogP contribution in [0, 0.1) is 6.07 Å². The van der Waals surface area contributed by atoms with Crippen molar-refractivity contribution >= 4 is 176 Å². The molecule has 9 aromatic rings. The monoisotopic (exact) mass is 1650 g/mol. The Morgan fingerprint density at radius 2 is 0.971 bits per heavy atom. The van der Waals surface area contributed by atoms with Gasteiger partial charge in [0.05, 0.1) is 90.3 Å². The number of anilines is 2. The number of fused-ring (bicyclic) bond motifs is 3. The van der Waals surface area contributed by atoms with E-state index in [2.05, 4.69) is 75.1 Å². The molecule has 0 bridgehead atoms. The topological polar surface area (TPSA) is 632 Å². The molecule has 0 fully saturated rings. The second-order valence-electron chi connectivity index (χ2n) is 17.8. The average Bonchev–Trinajstić information content (AvgIpc) is 0.750. The van der Waals surface area contributed by atoms with Gasteiger partial charge in [-0.15, -0.1) is 53.0 Å². The minimum Gasteiger partial charge on any atom is -0.744 e. The third kappa shape index (κ3) is 27.0. The zero-order valence-electron chi connectivity index (χ0n) is 54.5. The molecule has 0 spiro atoms. The van der Waals surface area contributed by atoms with Crippen LogP contribution in [-0.2, 0) is 79.2 Å². The predicted octanol–water partition coefficient (Wildman–Crippen LogP) is -12.9. The molecular weight excluding hydrogens is 1620 g/mol. The van der Waals surface area contributed by atoms with Gasteiger partial charge in [0.15, 0.2) is 11.5 Å². The van der Waals surface area contributed by atoms with E-state index in [9.17, 15) is 77.7 Å². The number of phenolic OH excluding ortho intramolecular Hbond substituents is 3. The van der Waals surface area contributed by atoms with Gasteiger partial charge in [-0.25, -0.2) is 38.9 Å². The first-order valence-electron chi connectivity index (χ1n) is 24.8. The number of rotatable bonds is 23. The smallest absolute Gasteiger partial charge is 0.744 e. The maximum atomic E-state index is 12.9. The van der Waals surface area contributed by atoms with Crippen LogP contribution in [0.4, 0.5) is 56.9 Å². The summed E-state index contributed by atoms with van der Waals surface area (Å²) in [6.45, 7) is 0. The number of ether oxygens (including phenoxy) is 2. The minimum atomic E-state index is -5.88. The maximum absolute atomic E-state index is 12.9. The molecule has 54 heteroatoms. The van der Waals surface area contributed by atoms with E-state index in [4.69, 9.17) is 38.8 Å².